The Morgan fingerprint density at radius 2 is 2.47 bits per heavy atom. The lowest BCUT2D eigenvalue weighted by molar-refractivity contribution is 0.0520. The van der Waals surface area contributed by atoms with Gasteiger partial charge >= 0.3 is 5.97 Å². The van der Waals surface area contributed by atoms with E-state index < -0.39 is 0 Å². The van der Waals surface area contributed by atoms with Crippen molar-refractivity contribution in [2.24, 2.45) is 0 Å². The molecule has 0 aliphatic heterocycles. The molecule has 0 bridgehead atoms. The number of carbonyl (C=O) groups is 1. The van der Waals surface area contributed by atoms with Crippen LogP contribution in [0.2, 0.25) is 0 Å². The second-order valence-corrected chi connectivity index (χ2v) is 4.41. The fourth-order valence-corrected chi connectivity index (χ4v) is 2.18. The molecule has 0 atom stereocenters. The van der Waals surface area contributed by atoms with E-state index in [0.717, 1.165) is 5.13 Å². The maximum Gasteiger partial charge on any atom is 0.357 e. The highest BCUT2D eigenvalue weighted by molar-refractivity contribution is 7.13. The van der Waals surface area contributed by atoms with Crippen LogP contribution in [0.15, 0.2) is 5.38 Å². The Labute approximate surface area is 92.9 Å². The molecule has 1 saturated carbocycles. The molecular formula is C10H14N2O2S. The first-order valence-corrected chi connectivity index (χ1v) is 5.95. The average molecular weight is 226 g/mol. The summed E-state index contributed by atoms with van der Waals surface area (Å²) in [6.07, 6.45) is 2.45. The molecule has 0 amide bonds. The minimum Gasteiger partial charge on any atom is -0.461 e. The zero-order valence-electron chi connectivity index (χ0n) is 8.90. The third-order valence-electron chi connectivity index (χ3n) is 2.37. The molecule has 0 unspecified atom stereocenters. The molecule has 2 rings (SSSR count). The minimum absolute atomic E-state index is 0.329. The largest absolute Gasteiger partial charge is 0.461 e. The van der Waals surface area contributed by atoms with Crippen LogP contribution in [0.4, 0.5) is 5.13 Å². The molecule has 1 heterocycles. The van der Waals surface area contributed by atoms with Crippen molar-refractivity contribution in [3.05, 3.63) is 11.1 Å². The van der Waals surface area contributed by atoms with Crippen molar-refractivity contribution in [1.82, 2.24) is 4.98 Å². The number of nitrogens with zero attached hydrogens (tertiary/aromatic N) is 2. The van der Waals surface area contributed by atoms with E-state index in [-0.39, 0.29) is 5.97 Å². The highest BCUT2D eigenvalue weighted by Gasteiger charge is 2.28. The van der Waals surface area contributed by atoms with Crippen LogP contribution in [0.25, 0.3) is 0 Å². The van der Waals surface area contributed by atoms with Gasteiger partial charge in [-0.3, -0.25) is 0 Å². The topological polar surface area (TPSA) is 42.4 Å². The number of rotatable bonds is 4. The zero-order valence-corrected chi connectivity index (χ0v) is 9.71. The predicted octanol–water partition coefficient (Wildman–Crippen LogP) is 1.92. The standard InChI is InChI=1S/C10H14N2O2S/c1-3-14-9(13)8-6-15-10(11-8)12(2)7-4-5-7/h6-7H,3-5H2,1-2H3. The molecule has 0 radical (unpaired) electrons. The summed E-state index contributed by atoms with van der Waals surface area (Å²) in [5.41, 5.74) is 0.421. The van der Waals surface area contributed by atoms with Crippen molar-refractivity contribution in [2.45, 2.75) is 25.8 Å². The zero-order chi connectivity index (χ0) is 10.8. The van der Waals surface area contributed by atoms with E-state index in [2.05, 4.69) is 9.88 Å². The van der Waals surface area contributed by atoms with Gasteiger partial charge in [0.15, 0.2) is 10.8 Å². The Morgan fingerprint density at radius 1 is 1.73 bits per heavy atom. The fraction of sp³-hybridized carbons (Fsp3) is 0.600. The summed E-state index contributed by atoms with van der Waals surface area (Å²) in [6.45, 7) is 2.19. The maximum atomic E-state index is 11.4. The summed E-state index contributed by atoms with van der Waals surface area (Å²) in [5.74, 6) is -0.329. The van der Waals surface area contributed by atoms with Gasteiger partial charge in [-0.2, -0.15) is 0 Å². The first-order valence-electron chi connectivity index (χ1n) is 5.08. The summed E-state index contributed by atoms with van der Waals surface area (Å²) in [4.78, 5) is 17.8. The number of esters is 1. The second-order valence-electron chi connectivity index (χ2n) is 3.58. The Morgan fingerprint density at radius 3 is 3.07 bits per heavy atom. The Kier molecular flexibility index (Phi) is 2.90. The summed E-state index contributed by atoms with van der Waals surface area (Å²) >= 11 is 1.49. The summed E-state index contributed by atoms with van der Waals surface area (Å²) in [6, 6.07) is 0.617. The van der Waals surface area contributed by atoms with E-state index >= 15 is 0 Å². The van der Waals surface area contributed by atoms with Gasteiger partial charge in [0.2, 0.25) is 0 Å². The van der Waals surface area contributed by atoms with Crippen LogP contribution >= 0.6 is 11.3 Å². The Hall–Kier alpha value is -1.10. The highest BCUT2D eigenvalue weighted by atomic mass is 32.1. The molecule has 15 heavy (non-hydrogen) atoms. The van der Waals surface area contributed by atoms with E-state index in [0.29, 0.717) is 18.3 Å². The number of anilines is 1. The first-order chi connectivity index (χ1) is 7.22. The summed E-state index contributed by atoms with van der Waals surface area (Å²) < 4.78 is 4.88. The number of aromatic nitrogens is 1. The molecule has 0 spiro atoms. The van der Waals surface area contributed by atoms with Crippen molar-refractivity contribution in [2.75, 3.05) is 18.6 Å². The number of hydrogen-bond donors (Lipinski definition) is 0. The van der Waals surface area contributed by atoms with Crippen LogP contribution in [0.5, 0.6) is 0 Å². The summed E-state index contributed by atoms with van der Waals surface area (Å²) in [5, 5.41) is 2.66. The van der Waals surface area contributed by atoms with E-state index in [1.165, 1.54) is 24.2 Å². The molecule has 1 aliphatic carbocycles. The monoisotopic (exact) mass is 226 g/mol. The van der Waals surface area contributed by atoms with Gasteiger partial charge in [-0.1, -0.05) is 0 Å². The van der Waals surface area contributed by atoms with Gasteiger partial charge in [0.25, 0.3) is 0 Å². The number of carbonyl (C=O) groups excluding carboxylic acids is 1. The smallest absolute Gasteiger partial charge is 0.357 e. The second kappa shape index (κ2) is 4.18. The normalized spacial score (nSPS) is 15.1. The van der Waals surface area contributed by atoms with Crippen LogP contribution in [-0.4, -0.2) is 30.6 Å². The molecule has 0 aromatic carbocycles. The SMILES string of the molecule is CCOC(=O)c1csc(N(C)C2CC2)n1. The highest BCUT2D eigenvalue weighted by Crippen LogP contribution is 2.31. The van der Waals surface area contributed by atoms with Gasteiger partial charge < -0.3 is 9.64 Å². The van der Waals surface area contributed by atoms with E-state index in [1.54, 1.807) is 12.3 Å². The quantitative estimate of drug-likeness (QED) is 0.736. The van der Waals surface area contributed by atoms with Gasteiger partial charge in [0.05, 0.1) is 6.61 Å². The van der Waals surface area contributed by atoms with Crippen molar-refractivity contribution in [3.8, 4) is 0 Å². The van der Waals surface area contributed by atoms with Crippen LogP contribution < -0.4 is 4.90 Å². The number of ether oxygens (including phenoxy) is 1. The molecule has 5 heteroatoms. The average Bonchev–Trinajstić information content (AvgIpc) is 2.95. The lowest BCUT2D eigenvalue weighted by Gasteiger charge is -2.13. The number of thiazole rings is 1. The van der Waals surface area contributed by atoms with Crippen molar-refractivity contribution < 1.29 is 9.53 Å². The minimum atomic E-state index is -0.329. The molecule has 1 aromatic rings. The first kappa shape index (κ1) is 10.4. The van der Waals surface area contributed by atoms with Crippen molar-refractivity contribution in [3.63, 3.8) is 0 Å². The molecule has 1 aliphatic rings. The van der Waals surface area contributed by atoms with Crippen LogP contribution in [0, 0.1) is 0 Å². The van der Waals surface area contributed by atoms with E-state index in [1.807, 2.05) is 7.05 Å². The molecule has 0 N–H and O–H groups in total. The van der Waals surface area contributed by atoms with Crippen molar-refractivity contribution >= 4 is 22.4 Å². The van der Waals surface area contributed by atoms with E-state index in [9.17, 15) is 4.79 Å². The molecule has 1 aromatic heterocycles. The van der Waals surface area contributed by atoms with Crippen molar-refractivity contribution in [1.29, 1.82) is 0 Å². The third-order valence-corrected chi connectivity index (χ3v) is 3.30. The molecular weight excluding hydrogens is 212 g/mol. The molecule has 0 saturated heterocycles. The van der Waals surface area contributed by atoms with Crippen LogP contribution in [0.3, 0.4) is 0 Å². The Bertz CT molecular complexity index is 360. The molecule has 4 nitrogen and oxygen atoms in total. The number of hydrogen-bond acceptors (Lipinski definition) is 5. The third kappa shape index (κ3) is 2.28. The van der Waals surface area contributed by atoms with Crippen LogP contribution in [-0.2, 0) is 4.74 Å². The van der Waals surface area contributed by atoms with Gasteiger partial charge in [-0.15, -0.1) is 11.3 Å². The van der Waals surface area contributed by atoms with Gasteiger partial charge in [-0.25, -0.2) is 9.78 Å². The fourth-order valence-electron chi connectivity index (χ4n) is 1.34. The van der Waals surface area contributed by atoms with E-state index in [4.69, 9.17) is 4.74 Å². The van der Waals surface area contributed by atoms with Gasteiger partial charge in [-0.05, 0) is 19.8 Å². The van der Waals surface area contributed by atoms with Crippen LogP contribution in [0.1, 0.15) is 30.3 Å². The maximum absolute atomic E-state index is 11.4. The van der Waals surface area contributed by atoms with Gasteiger partial charge in [0, 0.05) is 18.5 Å². The lowest BCUT2D eigenvalue weighted by Crippen LogP contribution is -2.19. The predicted molar refractivity (Wildman–Crippen MR) is 59.5 cm³/mol. The lowest BCUT2D eigenvalue weighted by atomic mass is 10.5. The van der Waals surface area contributed by atoms with Gasteiger partial charge in [0.1, 0.15) is 0 Å². The summed E-state index contributed by atoms with van der Waals surface area (Å²) in [7, 11) is 2.02. The molecule has 1 fully saturated rings. The molecule has 82 valence electrons. The Balaban J connectivity index is 2.05.